The molecule has 228 valence electrons. The van der Waals surface area contributed by atoms with E-state index >= 15 is 0 Å². The van der Waals surface area contributed by atoms with Gasteiger partial charge in [-0.1, -0.05) is 124 Å². The minimum Gasteiger partial charge on any atom is -0.463 e. The summed E-state index contributed by atoms with van der Waals surface area (Å²) in [6, 6.07) is 0. The number of rotatable bonds is 31. The Balaban J connectivity index is 4.12. The van der Waals surface area contributed by atoms with Crippen LogP contribution >= 0.6 is 0 Å². The lowest BCUT2D eigenvalue weighted by Gasteiger charge is -2.31. The van der Waals surface area contributed by atoms with Crippen LogP contribution in [0.5, 0.6) is 0 Å². The van der Waals surface area contributed by atoms with Gasteiger partial charge in [0, 0.05) is 19.8 Å². The second-order valence-electron chi connectivity index (χ2n) is 11.1. The Hall–Kier alpha value is -0.650. The topological polar surface area (TPSA) is 54.0 Å². The van der Waals surface area contributed by atoms with Crippen molar-refractivity contribution in [3.63, 3.8) is 0 Å². The first kappa shape index (κ1) is 37.4. The van der Waals surface area contributed by atoms with Gasteiger partial charge in [-0.25, -0.2) is 0 Å². The molecule has 0 fully saturated rings. The van der Waals surface area contributed by atoms with E-state index in [-0.39, 0.29) is 11.4 Å². The van der Waals surface area contributed by atoms with Crippen LogP contribution in [-0.2, 0) is 23.7 Å². The van der Waals surface area contributed by atoms with Crippen molar-refractivity contribution in [3.05, 3.63) is 0 Å². The molecule has 0 rings (SSSR count). The molecule has 0 radical (unpaired) electrons. The highest BCUT2D eigenvalue weighted by Crippen LogP contribution is 2.37. The fourth-order valence-corrected chi connectivity index (χ4v) is 4.98. The van der Waals surface area contributed by atoms with Crippen molar-refractivity contribution >= 4 is 5.97 Å². The summed E-state index contributed by atoms with van der Waals surface area (Å²) in [5.41, 5.74) is -0.323. The Morgan fingerprint density at radius 3 is 1.37 bits per heavy atom. The van der Waals surface area contributed by atoms with E-state index in [1.54, 1.807) is 0 Å². The van der Waals surface area contributed by atoms with Gasteiger partial charge >= 0.3 is 5.97 Å². The molecule has 0 aliphatic rings. The predicted octanol–water partition coefficient (Wildman–Crippen LogP) is 9.45. The monoisotopic (exact) mass is 542 g/mol. The molecule has 0 saturated carbocycles. The van der Waals surface area contributed by atoms with Crippen LogP contribution in [0.15, 0.2) is 0 Å². The van der Waals surface area contributed by atoms with E-state index in [9.17, 15) is 4.79 Å². The SMILES string of the molecule is CCCCCCCCC(CC)(CCCCCCCC)C(=O)OCCOCCOCCCOCCCCCC. The Morgan fingerprint density at radius 2 is 0.842 bits per heavy atom. The summed E-state index contributed by atoms with van der Waals surface area (Å²) >= 11 is 0. The smallest absolute Gasteiger partial charge is 0.312 e. The lowest BCUT2D eigenvalue weighted by molar-refractivity contribution is -0.159. The third-order valence-corrected chi connectivity index (χ3v) is 7.68. The zero-order valence-corrected chi connectivity index (χ0v) is 26.1. The number of hydrogen-bond donors (Lipinski definition) is 0. The lowest BCUT2D eigenvalue weighted by atomic mass is 9.75. The zero-order valence-electron chi connectivity index (χ0n) is 26.1. The van der Waals surface area contributed by atoms with Gasteiger partial charge in [0.2, 0.25) is 0 Å². The lowest BCUT2D eigenvalue weighted by Crippen LogP contribution is -2.33. The van der Waals surface area contributed by atoms with Gasteiger partial charge in [0.05, 0.1) is 25.2 Å². The van der Waals surface area contributed by atoms with Crippen LogP contribution < -0.4 is 0 Å². The maximum atomic E-state index is 13.2. The second-order valence-corrected chi connectivity index (χ2v) is 11.1. The van der Waals surface area contributed by atoms with Gasteiger partial charge in [-0.3, -0.25) is 4.79 Å². The molecule has 5 heteroatoms. The second kappa shape index (κ2) is 29.3. The average Bonchev–Trinajstić information content (AvgIpc) is 2.93. The van der Waals surface area contributed by atoms with E-state index in [2.05, 4.69) is 27.7 Å². The number of carbonyl (C=O) groups excluding carboxylic acids is 1. The van der Waals surface area contributed by atoms with Crippen LogP contribution in [0.4, 0.5) is 0 Å². The summed E-state index contributed by atoms with van der Waals surface area (Å²) in [5, 5.41) is 0. The fourth-order valence-electron chi connectivity index (χ4n) is 4.98. The van der Waals surface area contributed by atoms with Crippen molar-refractivity contribution in [1.82, 2.24) is 0 Å². The normalized spacial score (nSPS) is 11.8. The van der Waals surface area contributed by atoms with Gasteiger partial charge < -0.3 is 18.9 Å². The van der Waals surface area contributed by atoms with Crippen LogP contribution in [0, 0.1) is 5.41 Å². The van der Waals surface area contributed by atoms with Crippen LogP contribution in [0.25, 0.3) is 0 Å². The number of unbranched alkanes of at least 4 members (excludes halogenated alkanes) is 13. The number of hydrogen-bond acceptors (Lipinski definition) is 5. The molecule has 38 heavy (non-hydrogen) atoms. The third kappa shape index (κ3) is 22.2. The van der Waals surface area contributed by atoms with Gasteiger partial charge in [0.1, 0.15) is 6.61 Å². The van der Waals surface area contributed by atoms with Crippen molar-refractivity contribution in [2.45, 2.75) is 156 Å². The molecule has 0 N–H and O–H groups in total. The Bertz CT molecular complexity index is 466. The van der Waals surface area contributed by atoms with E-state index in [0.29, 0.717) is 33.0 Å². The van der Waals surface area contributed by atoms with Crippen LogP contribution in [0.1, 0.15) is 156 Å². The van der Waals surface area contributed by atoms with E-state index < -0.39 is 0 Å². The van der Waals surface area contributed by atoms with Crippen molar-refractivity contribution in [2.75, 3.05) is 46.2 Å². The molecular formula is C33H66O5. The highest BCUT2D eigenvalue weighted by Gasteiger charge is 2.37. The van der Waals surface area contributed by atoms with Crippen LogP contribution in [0.3, 0.4) is 0 Å². The summed E-state index contributed by atoms with van der Waals surface area (Å²) in [7, 11) is 0. The Kier molecular flexibility index (Phi) is 28.8. The van der Waals surface area contributed by atoms with Gasteiger partial charge in [-0.05, 0) is 32.1 Å². The average molecular weight is 543 g/mol. The van der Waals surface area contributed by atoms with Gasteiger partial charge in [0.15, 0.2) is 0 Å². The molecule has 0 aromatic carbocycles. The van der Waals surface area contributed by atoms with Crippen molar-refractivity contribution in [1.29, 1.82) is 0 Å². The highest BCUT2D eigenvalue weighted by atomic mass is 16.6. The molecular weight excluding hydrogens is 476 g/mol. The van der Waals surface area contributed by atoms with Crippen molar-refractivity contribution < 1.29 is 23.7 Å². The molecule has 0 unspecified atom stereocenters. The Morgan fingerprint density at radius 1 is 0.447 bits per heavy atom. The summed E-state index contributed by atoms with van der Waals surface area (Å²) in [6.07, 6.45) is 23.7. The minimum atomic E-state index is -0.323. The maximum Gasteiger partial charge on any atom is 0.312 e. The molecule has 0 saturated heterocycles. The van der Waals surface area contributed by atoms with Crippen LogP contribution in [0.2, 0.25) is 0 Å². The quantitative estimate of drug-likeness (QED) is 0.0645. The minimum absolute atomic E-state index is 0.00309. The third-order valence-electron chi connectivity index (χ3n) is 7.68. The molecule has 0 aliphatic heterocycles. The van der Waals surface area contributed by atoms with E-state index in [0.717, 1.165) is 58.2 Å². The summed E-state index contributed by atoms with van der Waals surface area (Å²) < 4.78 is 22.7. The number of esters is 1. The first-order chi connectivity index (χ1) is 18.7. The van der Waals surface area contributed by atoms with Gasteiger partial charge in [-0.15, -0.1) is 0 Å². The van der Waals surface area contributed by atoms with Gasteiger partial charge in [0.25, 0.3) is 0 Å². The fraction of sp³-hybridized carbons (Fsp3) is 0.970. The summed E-state index contributed by atoms with van der Waals surface area (Å²) in [4.78, 5) is 13.2. The molecule has 0 atom stereocenters. The van der Waals surface area contributed by atoms with E-state index in [1.807, 2.05) is 0 Å². The van der Waals surface area contributed by atoms with E-state index in [4.69, 9.17) is 18.9 Å². The van der Waals surface area contributed by atoms with Gasteiger partial charge in [-0.2, -0.15) is 0 Å². The van der Waals surface area contributed by atoms with Crippen molar-refractivity contribution in [2.24, 2.45) is 5.41 Å². The highest BCUT2D eigenvalue weighted by molar-refractivity contribution is 5.76. The molecule has 0 spiro atoms. The standard InChI is InChI=1S/C33H66O5/c1-5-9-12-15-17-19-23-33(8-4,24-20-18-16-13-10-6-2)32(34)38-31-30-37-29-28-36-27-22-26-35-25-21-14-11-7-3/h5-31H2,1-4H3. The molecule has 0 amide bonds. The van der Waals surface area contributed by atoms with Crippen LogP contribution in [-0.4, -0.2) is 52.2 Å². The molecule has 0 aromatic rings. The summed E-state index contributed by atoms with van der Waals surface area (Å²) in [6.45, 7) is 13.1. The van der Waals surface area contributed by atoms with Crippen molar-refractivity contribution in [3.8, 4) is 0 Å². The first-order valence-corrected chi connectivity index (χ1v) is 16.6. The molecule has 5 nitrogen and oxygen atoms in total. The summed E-state index contributed by atoms with van der Waals surface area (Å²) in [5.74, 6) is -0.00309. The van der Waals surface area contributed by atoms with E-state index in [1.165, 1.54) is 83.5 Å². The largest absolute Gasteiger partial charge is 0.463 e. The molecule has 0 aliphatic carbocycles. The Labute approximate surface area is 237 Å². The predicted molar refractivity (Wildman–Crippen MR) is 161 cm³/mol. The maximum absolute atomic E-state index is 13.2. The number of carbonyl (C=O) groups is 1. The number of ether oxygens (including phenoxy) is 4. The first-order valence-electron chi connectivity index (χ1n) is 16.6. The molecule has 0 bridgehead atoms. The zero-order chi connectivity index (χ0) is 28.0. The molecule has 0 heterocycles. The molecule has 0 aromatic heterocycles.